The molecule has 18 heavy (non-hydrogen) atoms. The van der Waals surface area contributed by atoms with E-state index in [1.165, 1.54) is 64.3 Å². The molecule has 2 rings (SSSR count). The third-order valence-corrected chi connectivity index (χ3v) is 5.67. The van der Waals surface area contributed by atoms with Crippen molar-refractivity contribution in [1.82, 2.24) is 5.32 Å². The lowest BCUT2D eigenvalue weighted by atomic mass is 9.63. The van der Waals surface area contributed by atoms with Crippen LogP contribution in [-0.2, 0) is 0 Å². The molecule has 4 unspecified atom stereocenters. The molecule has 106 valence electrons. The highest BCUT2D eigenvalue weighted by Gasteiger charge is 2.36. The van der Waals surface area contributed by atoms with Crippen LogP contribution in [0.15, 0.2) is 0 Å². The normalized spacial score (nSPS) is 37.7. The SMILES string of the molecule is CCNCC1CCCCC1C1CCCCC1CC. The first-order valence-electron chi connectivity index (χ1n) is 8.57. The Kier molecular flexibility index (Phi) is 6.01. The first-order valence-corrected chi connectivity index (χ1v) is 8.57. The topological polar surface area (TPSA) is 12.0 Å². The van der Waals surface area contributed by atoms with Gasteiger partial charge in [-0.15, -0.1) is 0 Å². The molecule has 0 radical (unpaired) electrons. The minimum atomic E-state index is 0.982. The van der Waals surface area contributed by atoms with Crippen LogP contribution in [-0.4, -0.2) is 13.1 Å². The van der Waals surface area contributed by atoms with Gasteiger partial charge in [-0.05, 0) is 56.0 Å². The second kappa shape index (κ2) is 7.53. The third-order valence-electron chi connectivity index (χ3n) is 5.67. The fourth-order valence-corrected chi connectivity index (χ4v) is 4.69. The molecule has 0 heterocycles. The van der Waals surface area contributed by atoms with Crippen LogP contribution in [0.25, 0.3) is 0 Å². The van der Waals surface area contributed by atoms with Crippen molar-refractivity contribution in [3.05, 3.63) is 0 Å². The van der Waals surface area contributed by atoms with Gasteiger partial charge in [-0.3, -0.25) is 0 Å². The zero-order valence-corrected chi connectivity index (χ0v) is 12.6. The Morgan fingerprint density at radius 1 is 0.778 bits per heavy atom. The average Bonchev–Trinajstić information content (AvgIpc) is 2.45. The van der Waals surface area contributed by atoms with Crippen LogP contribution in [0, 0.1) is 23.7 Å². The van der Waals surface area contributed by atoms with Crippen LogP contribution < -0.4 is 5.32 Å². The predicted molar refractivity (Wildman–Crippen MR) is 79.7 cm³/mol. The van der Waals surface area contributed by atoms with E-state index in [9.17, 15) is 0 Å². The van der Waals surface area contributed by atoms with Gasteiger partial charge in [-0.25, -0.2) is 0 Å². The highest BCUT2D eigenvalue weighted by Crippen LogP contribution is 2.45. The summed E-state index contributed by atoms with van der Waals surface area (Å²) in [5, 5.41) is 3.62. The lowest BCUT2D eigenvalue weighted by Gasteiger charge is -2.43. The molecule has 1 nitrogen and oxygen atoms in total. The summed E-state index contributed by atoms with van der Waals surface area (Å²) in [5.74, 6) is 4.14. The monoisotopic (exact) mass is 251 g/mol. The molecule has 1 N–H and O–H groups in total. The summed E-state index contributed by atoms with van der Waals surface area (Å²) in [5.41, 5.74) is 0. The van der Waals surface area contributed by atoms with Crippen molar-refractivity contribution in [2.75, 3.05) is 13.1 Å². The fourth-order valence-electron chi connectivity index (χ4n) is 4.69. The molecule has 2 aliphatic rings. The van der Waals surface area contributed by atoms with E-state index in [1.54, 1.807) is 0 Å². The zero-order valence-electron chi connectivity index (χ0n) is 12.6. The smallest absolute Gasteiger partial charge is 0.00179 e. The maximum absolute atomic E-state index is 3.62. The van der Waals surface area contributed by atoms with Crippen molar-refractivity contribution < 1.29 is 0 Å². The van der Waals surface area contributed by atoms with Gasteiger partial charge >= 0.3 is 0 Å². The second-order valence-electron chi connectivity index (χ2n) is 6.63. The minimum Gasteiger partial charge on any atom is -0.317 e. The number of nitrogens with one attached hydrogen (secondary N) is 1. The van der Waals surface area contributed by atoms with E-state index in [0.717, 1.165) is 30.2 Å². The summed E-state index contributed by atoms with van der Waals surface area (Å²) in [6.45, 7) is 7.09. The Morgan fingerprint density at radius 3 is 1.94 bits per heavy atom. The second-order valence-corrected chi connectivity index (χ2v) is 6.63. The molecule has 1 heteroatoms. The molecule has 0 aromatic heterocycles. The van der Waals surface area contributed by atoms with Crippen LogP contribution in [0.5, 0.6) is 0 Å². The quantitative estimate of drug-likeness (QED) is 0.752. The molecule has 0 bridgehead atoms. The fraction of sp³-hybridized carbons (Fsp3) is 1.00. The van der Waals surface area contributed by atoms with Gasteiger partial charge in [0.1, 0.15) is 0 Å². The van der Waals surface area contributed by atoms with Gasteiger partial charge in [0, 0.05) is 0 Å². The highest BCUT2D eigenvalue weighted by molar-refractivity contribution is 4.87. The summed E-state index contributed by atoms with van der Waals surface area (Å²) >= 11 is 0. The Balaban J connectivity index is 1.97. The summed E-state index contributed by atoms with van der Waals surface area (Å²) in [4.78, 5) is 0. The van der Waals surface area contributed by atoms with Crippen LogP contribution in [0.3, 0.4) is 0 Å². The molecule has 0 saturated heterocycles. The van der Waals surface area contributed by atoms with Gasteiger partial charge < -0.3 is 5.32 Å². The molecule has 4 atom stereocenters. The van der Waals surface area contributed by atoms with Crippen molar-refractivity contribution in [1.29, 1.82) is 0 Å². The summed E-state index contributed by atoms with van der Waals surface area (Å²) < 4.78 is 0. The van der Waals surface area contributed by atoms with Gasteiger partial charge in [0.25, 0.3) is 0 Å². The Morgan fingerprint density at radius 2 is 1.33 bits per heavy atom. The van der Waals surface area contributed by atoms with Crippen molar-refractivity contribution in [3.63, 3.8) is 0 Å². The largest absolute Gasteiger partial charge is 0.317 e. The molecule has 0 amide bonds. The molecule has 0 aliphatic heterocycles. The van der Waals surface area contributed by atoms with Crippen molar-refractivity contribution in [2.24, 2.45) is 23.7 Å². The van der Waals surface area contributed by atoms with Crippen LogP contribution in [0.4, 0.5) is 0 Å². The van der Waals surface area contributed by atoms with E-state index in [4.69, 9.17) is 0 Å². The molecular weight excluding hydrogens is 218 g/mol. The lowest BCUT2D eigenvalue weighted by molar-refractivity contribution is 0.0790. The standard InChI is InChI=1S/C17H33N/c1-3-14-9-5-7-11-16(14)17-12-8-6-10-15(17)13-18-4-2/h14-18H,3-13H2,1-2H3. The van der Waals surface area contributed by atoms with E-state index < -0.39 is 0 Å². The molecule has 0 aromatic rings. The van der Waals surface area contributed by atoms with E-state index in [-0.39, 0.29) is 0 Å². The van der Waals surface area contributed by atoms with Crippen molar-refractivity contribution in [2.45, 2.75) is 71.6 Å². The van der Waals surface area contributed by atoms with Crippen LogP contribution >= 0.6 is 0 Å². The maximum atomic E-state index is 3.62. The molecule has 2 fully saturated rings. The molecular formula is C17H33N. The first kappa shape index (κ1) is 14.4. The van der Waals surface area contributed by atoms with E-state index in [0.29, 0.717) is 0 Å². The molecule has 2 aliphatic carbocycles. The number of hydrogen-bond donors (Lipinski definition) is 1. The molecule has 0 aromatic carbocycles. The van der Waals surface area contributed by atoms with E-state index >= 15 is 0 Å². The third kappa shape index (κ3) is 3.50. The molecule has 0 spiro atoms. The van der Waals surface area contributed by atoms with E-state index in [1.807, 2.05) is 0 Å². The van der Waals surface area contributed by atoms with Gasteiger partial charge in [-0.2, -0.15) is 0 Å². The summed E-state index contributed by atoms with van der Waals surface area (Å²) in [7, 11) is 0. The minimum absolute atomic E-state index is 0.982. The van der Waals surface area contributed by atoms with E-state index in [2.05, 4.69) is 19.2 Å². The highest BCUT2D eigenvalue weighted by atomic mass is 14.8. The number of hydrogen-bond acceptors (Lipinski definition) is 1. The van der Waals surface area contributed by atoms with Crippen LogP contribution in [0.2, 0.25) is 0 Å². The maximum Gasteiger partial charge on any atom is -0.00179 e. The first-order chi connectivity index (χ1) is 8.86. The summed E-state index contributed by atoms with van der Waals surface area (Å²) in [6.07, 6.45) is 13.5. The van der Waals surface area contributed by atoms with Crippen LogP contribution in [0.1, 0.15) is 71.6 Å². The Labute approximate surface area is 114 Å². The van der Waals surface area contributed by atoms with Gasteiger partial charge in [0.15, 0.2) is 0 Å². The van der Waals surface area contributed by atoms with Gasteiger partial charge in [0.2, 0.25) is 0 Å². The zero-order chi connectivity index (χ0) is 12.8. The summed E-state index contributed by atoms with van der Waals surface area (Å²) in [6, 6.07) is 0. The van der Waals surface area contributed by atoms with Gasteiger partial charge in [0.05, 0.1) is 0 Å². The average molecular weight is 251 g/mol. The van der Waals surface area contributed by atoms with Gasteiger partial charge in [-0.1, -0.05) is 52.4 Å². The Bertz CT molecular complexity index is 226. The predicted octanol–water partition coefficient (Wildman–Crippen LogP) is 4.62. The molecule has 2 saturated carbocycles. The lowest BCUT2D eigenvalue weighted by Crippen LogP contribution is -2.38. The Hall–Kier alpha value is -0.0400. The van der Waals surface area contributed by atoms with Crippen molar-refractivity contribution in [3.8, 4) is 0 Å². The number of rotatable bonds is 5. The van der Waals surface area contributed by atoms with Crippen molar-refractivity contribution >= 4 is 0 Å².